The van der Waals surface area contributed by atoms with E-state index < -0.39 is 0 Å². The standard InChI is InChI=1S/C16H19N3O3/c1-12(20)19(11-15(21)17-9-10-22-2)14-7-3-5-13-6-4-8-18-16(13)14/h3-8H,9-11H2,1-2H3,(H,17,21). The molecule has 116 valence electrons. The average Bonchev–Trinajstić information content (AvgIpc) is 2.52. The molecule has 6 nitrogen and oxygen atoms in total. The maximum absolute atomic E-state index is 12.0. The number of nitrogens with zero attached hydrogens (tertiary/aromatic N) is 2. The molecule has 0 aliphatic heterocycles. The van der Waals surface area contributed by atoms with E-state index in [9.17, 15) is 9.59 Å². The fourth-order valence-electron chi connectivity index (χ4n) is 2.16. The average molecular weight is 301 g/mol. The van der Waals surface area contributed by atoms with E-state index >= 15 is 0 Å². The molecular formula is C16H19N3O3. The van der Waals surface area contributed by atoms with E-state index in [-0.39, 0.29) is 18.4 Å². The number of carbonyl (C=O) groups excluding carboxylic acids is 2. The Kier molecular flexibility index (Phi) is 5.43. The second-order valence-electron chi connectivity index (χ2n) is 4.80. The summed E-state index contributed by atoms with van der Waals surface area (Å²) < 4.78 is 4.88. The number of methoxy groups -OCH3 is 1. The Bertz CT molecular complexity index is 667. The molecule has 1 N–H and O–H groups in total. The van der Waals surface area contributed by atoms with Gasteiger partial charge in [-0.25, -0.2) is 0 Å². The minimum Gasteiger partial charge on any atom is -0.383 e. The first-order chi connectivity index (χ1) is 10.6. The Hall–Kier alpha value is -2.47. The Balaban J connectivity index is 2.23. The number of benzene rings is 1. The van der Waals surface area contributed by atoms with Crippen LogP contribution in [0, 0.1) is 0 Å². The SMILES string of the molecule is COCCNC(=O)CN(C(C)=O)c1cccc2cccnc12. The molecule has 22 heavy (non-hydrogen) atoms. The van der Waals surface area contributed by atoms with Crippen molar-refractivity contribution in [2.75, 3.05) is 31.7 Å². The number of pyridine rings is 1. The van der Waals surface area contributed by atoms with Crippen molar-refractivity contribution in [1.29, 1.82) is 0 Å². The predicted molar refractivity (Wildman–Crippen MR) is 84.7 cm³/mol. The van der Waals surface area contributed by atoms with Crippen molar-refractivity contribution in [1.82, 2.24) is 10.3 Å². The second-order valence-corrected chi connectivity index (χ2v) is 4.80. The molecule has 0 bridgehead atoms. The second kappa shape index (κ2) is 7.51. The fourth-order valence-corrected chi connectivity index (χ4v) is 2.16. The maximum Gasteiger partial charge on any atom is 0.240 e. The molecule has 2 rings (SSSR count). The summed E-state index contributed by atoms with van der Waals surface area (Å²) in [6.45, 7) is 2.23. The van der Waals surface area contributed by atoms with Crippen LogP contribution in [0.4, 0.5) is 5.69 Å². The van der Waals surface area contributed by atoms with Gasteiger partial charge in [0.05, 0.1) is 17.8 Å². The number of hydrogen-bond acceptors (Lipinski definition) is 4. The first kappa shape index (κ1) is 15.9. The third-order valence-corrected chi connectivity index (χ3v) is 3.21. The lowest BCUT2D eigenvalue weighted by molar-refractivity contribution is -0.123. The highest BCUT2D eigenvalue weighted by Crippen LogP contribution is 2.24. The number of aromatic nitrogens is 1. The normalized spacial score (nSPS) is 10.5. The summed E-state index contributed by atoms with van der Waals surface area (Å²) in [5.74, 6) is -0.444. The molecule has 6 heteroatoms. The van der Waals surface area contributed by atoms with E-state index in [0.717, 1.165) is 5.39 Å². The molecule has 0 aliphatic rings. The van der Waals surface area contributed by atoms with Crippen molar-refractivity contribution in [3.05, 3.63) is 36.5 Å². The number of para-hydroxylation sites is 1. The summed E-state index contributed by atoms with van der Waals surface area (Å²) in [5, 5.41) is 3.63. The van der Waals surface area contributed by atoms with Crippen molar-refractivity contribution < 1.29 is 14.3 Å². The third kappa shape index (κ3) is 3.79. The van der Waals surface area contributed by atoms with Crippen molar-refractivity contribution in [2.45, 2.75) is 6.92 Å². The van der Waals surface area contributed by atoms with Crippen LogP contribution >= 0.6 is 0 Å². The number of carbonyl (C=O) groups is 2. The van der Waals surface area contributed by atoms with Gasteiger partial charge in [0.2, 0.25) is 11.8 Å². The van der Waals surface area contributed by atoms with Gasteiger partial charge >= 0.3 is 0 Å². The molecule has 0 saturated carbocycles. The Morgan fingerprint density at radius 1 is 1.27 bits per heavy atom. The number of nitrogens with one attached hydrogen (secondary N) is 1. The highest BCUT2D eigenvalue weighted by molar-refractivity contribution is 6.04. The summed E-state index contributed by atoms with van der Waals surface area (Å²) in [5.41, 5.74) is 1.33. The summed E-state index contributed by atoms with van der Waals surface area (Å²) in [6.07, 6.45) is 1.67. The molecular weight excluding hydrogens is 282 g/mol. The van der Waals surface area contributed by atoms with Gasteiger partial charge in [-0.15, -0.1) is 0 Å². The Labute approximate surface area is 129 Å². The van der Waals surface area contributed by atoms with Crippen molar-refractivity contribution >= 4 is 28.4 Å². The van der Waals surface area contributed by atoms with Gasteiger partial charge < -0.3 is 15.0 Å². The van der Waals surface area contributed by atoms with E-state index in [1.54, 1.807) is 19.4 Å². The fraction of sp³-hybridized carbons (Fsp3) is 0.312. The van der Waals surface area contributed by atoms with Gasteiger partial charge in [0, 0.05) is 32.2 Å². The smallest absolute Gasteiger partial charge is 0.240 e. The van der Waals surface area contributed by atoms with Gasteiger partial charge in [-0.3, -0.25) is 14.6 Å². The van der Waals surface area contributed by atoms with Gasteiger partial charge in [-0.2, -0.15) is 0 Å². The molecule has 0 atom stereocenters. The van der Waals surface area contributed by atoms with Crippen molar-refractivity contribution in [3.63, 3.8) is 0 Å². The minimum atomic E-state index is -0.236. The molecule has 0 saturated heterocycles. The molecule has 1 aromatic heterocycles. The monoisotopic (exact) mass is 301 g/mol. The van der Waals surface area contributed by atoms with Gasteiger partial charge in [-0.1, -0.05) is 18.2 Å². The molecule has 1 heterocycles. The van der Waals surface area contributed by atoms with E-state index in [1.807, 2.05) is 24.3 Å². The van der Waals surface area contributed by atoms with Crippen molar-refractivity contribution in [3.8, 4) is 0 Å². The van der Waals surface area contributed by atoms with E-state index in [4.69, 9.17) is 4.74 Å². The highest BCUT2D eigenvalue weighted by Gasteiger charge is 2.18. The van der Waals surface area contributed by atoms with Crippen LogP contribution in [0.3, 0.4) is 0 Å². The highest BCUT2D eigenvalue weighted by atomic mass is 16.5. The Morgan fingerprint density at radius 3 is 2.77 bits per heavy atom. The molecule has 2 aromatic rings. The van der Waals surface area contributed by atoms with Gasteiger partial charge in [0.25, 0.3) is 0 Å². The number of hydrogen-bond donors (Lipinski definition) is 1. The number of rotatable bonds is 6. The zero-order valence-corrected chi connectivity index (χ0v) is 12.7. The van der Waals surface area contributed by atoms with Crippen molar-refractivity contribution in [2.24, 2.45) is 0 Å². The molecule has 0 fully saturated rings. The summed E-state index contributed by atoms with van der Waals surface area (Å²) >= 11 is 0. The lowest BCUT2D eigenvalue weighted by Crippen LogP contribution is -2.40. The van der Waals surface area contributed by atoms with Gasteiger partial charge in [-0.05, 0) is 12.1 Å². The number of fused-ring (bicyclic) bond motifs is 1. The van der Waals surface area contributed by atoms with Crippen LogP contribution in [-0.2, 0) is 14.3 Å². The van der Waals surface area contributed by atoms with Crippen LogP contribution in [0.15, 0.2) is 36.5 Å². The molecule has 0 aliphatic carbocycles. The summed E-state index contributed by atoms with van der Waals surface area (Å²) in [7, 11) is 1.57. The lowest BCUT2D eigenvalue weighted by atomic mass is 10.1. The third-order valence-electron chi connectivity index (χ3n) is 3.21. The number of ether oxygens (including phenoxy) is 1. The quantitative estimate of drug-likeness (QED) is 0.818. The van der Waals surface area contributed by atoms with Gasteiger partial charge in [0.1, 0.15) is 6.54 Å². The Morgan fingerprint density at radius 2 is 2.05 bits per heavy atom. The lowest BCUT2D eigenvalue weighted by Gasteiger charge is -2.21. The van der Waals surface area contributed by atoms with E-state index in [0.29, 0.717) is 24.4 Å². The molecule has 0 spiro atoms. The largest absolute Gasteiger partial charge is 0.383 e. The minimum absolute atomic E-state index is 0.0469. The zero-order valence-electron chi connectivity index (χ0n) is 12.7. The molecule has 0 unspecified atom stereocenters. The first-order valence-corrected chi connectivity index (χ1v) is 7.01. The topological polar surface area (TPSA) is 71.5 Å². The van der Waals surface area contributed by atoms with Crippen LogP contribution in [0.2, 0.25) is 0 Å². The van der Waals surface area contributed by atoms with Crippen LogP contribution in [0.5, 0.6) is 0 Å². The van der Waals surface area contributed by atoms with E-state index in [2.05, 4.69) is 10.3 Å². The van der Waals surface area contributed by atoms with Crippen LogP contribution in [-0.4, -0.2) is 43.6 Å². The summed E-state index contributed by atoms with van der Waals surface area (Å²) in [4.78, 5) is 29.7. The van der Waals surface area contributed by atoms with Gasteiger partial charge in [0.15, 0.2) is 0 Å². The molecule has 2 amide bonds. The maximum atomic E-state index is 12.0. The zero-order chi connectivity index (χ0) is 15.9. The number of amides is 2. The molecule has 0 radical (unpaired) electrons. The first-order valence-electron chi connectivity index (χ1n) is 7.01. The van der Waals surface area contributed by atoms with Crippen LogP contribution in [0.1, 0.15) is 6.92 Å². The van der Waals surface area contributed by atoms with Crippen LogP contribution < -0.4 is 10.2 Å². The predicted octanol–water partition coefficient (Wildman–Crippen LogP) is 1.35. The summed E-state index contributed by atoms with van der Waals surface area (Å²) in [6, 6.07) is 9.31. The number of anilines is 1. The molecule has 1 aromatic carbocycles. The van der Waals surface area contributed by atoms with E-state index in [1.165, 1.54) is 11.8 Å². The van der Waals surface area contributed by atoms with Crippen LogP contribution in [0.25, 0.3) is 10.9 Å².